The molecule has 4 rings (SSSR count). The van der Waals surface area contributed by atoms with Crippen molar-refractivity contribution < 1.29 is 28.9 Å². The monoisotopic (exact) mass is 517 g/mol. The molecule has 3 aromatic carbocycles. The molecule has 0 atom stereocenters. The number of carbonyl (C=O) groups excluding carboxylic acids is 1. The SMILES string of the molecule is CCOC(=N)c1ccc(Oc2cc(Oc3ccc(C(=O)O)cc3)cc(C(=O)NC3CCC(N)CC3)c2)cc1. The third-order valence-electron chi connectivity index (χ3n) is 6.23. The summed E-state index contributed by atoms with van der Waals surface area (Å²) in [6.07, 6.45) is 3.38. The quantitative estimate of drug-likeness (QED) is 0.222. The summed E-state index contributed by atoms with van der Waals surface area (Å²) in [6.45, 7) is 2.22. The maximum absolute atomic E-state index is 13.1. The minimum Gasteiger partial charge on any atom is -0.478 e. The van der Waals surface area contributed by atoms with Crippen molar-refractivity contribution in [3.63, 3.8) is 0 Å². The van der Waals surface area contributed by atoms with E-state index in [1.165, 1.54) is 12.1 Å². The highest BCUT2D eigenvalue weighted by Gasteiger charge is 2.21. The molecule has 198 valence electrons. The van der Waals surface area contributed by atoms with Crippen molar-refractivity contribution in [2.45, 2.75) is 44.7 Å². The molecule has 0 radical (unpaired) electrons. The minimum atomic E-state index is -1.03. The average Bonchev–Trinajstić information content (AvgIpc) is 2.90. The van der Waals surface area contributed by atoms with Crippen molar-refractivity contribution in [2.75, 3.05) is 6.61 Å². The van der Waals surface area contributed by atoms with Gasteiger partial charge in [-0.05, 0) is 93.3 Å². The number of carbonyl (C=O) groups is 2. The maximum Gasteiger partial charge on any atom is 0.335 e. The molecule has 1 saturated carbocycles. The van der Waals surface area contributed by atoms with Gasteiger partial charge in [0.15, 0.2) is 0 Å². The fourth-order valence-electron chi connectivity index (χ4n) is 4.19. The first-order chi connectivity index (χ1) is 18.3. The number of rotatable bonds is 9. The van der Waals surface area contributed by atoms with E-state index in [4.69, 9.17) is 30.5 Å². The lowest BCUT2D eigenvalue weighted by Gasteiger charge is -2.26. The second kappa shape index (κ2) is 12.2. The zero-order valence-corrected chi connectivity index (χ0v) is 21.1. The smallest absolute Gasteiger partial charge is 0.335 e. The van der Waals surface area contributed by atoms with Crippen LogP contribution >= 0.6 is 0 Å². The van der Waals surface area contributed by atoms with Crippen molar-refractivity contribution in [1.82, 2.24) is 5.32 Å². The number of carboxylic acids is 1. The van der Waals surface area contributed by atoms with Gasteiger partial charge in [-0.25, -0.2) is 4.79 Å². The average molecular weight is 518 g/mol. The molecule has 3 aromatic rings. The van der Waals surface area contributed by atoms with Crippen LogP contribution in [-0.4, -0.2) is 41.6 Å². The lowest BCUT2D eigenvalue weighted by Crippen LogP contribution is -2.40. The summed E-state index contributed by atoms with van der Waals surface area (Å²) in [5.74, 6) is 0.460. The molecule has 0 aromatic heterocycles. The van der Waals surface area contributed by atoms with Gasteiger partial charge in [0.1, 0.15) is 23.0 Å². The van der Waals surface area contributed by atoms with E-state index in [0.29, 0.717) is 40.7 Å². The largest absolute Gasteiger partial charge is 0.478 e. The van der Waals surface area contributed by atoms with E-state index in [2.05, 4.69) is 5.32 Å². The van der Waals surface area contributed by atoms with Crippen molar-refractivity contribution in [2.24, 2.45) is 5.73 Å². The number of carboxylic acid groups (broad SMARTS) is 1. The van der Waals surface area contributed by atoms with E-state index in [9.17, 15) is 9.59 Å². The van der Waals surface area contributed by atoms with Crippen LogP contribution < -0.4 is 20.5 Å². The van der Waals surface area contributed by atoms with Gasteiger partial charge in [0, 0.05) is 29.3 Å². The van der Waals surface area contributed by atoms with Gasteiger partial charge in [0.25, 0.3) is 5.91 Å². The standard InChI is InChI=1S/C29H31N3O6/c1-2-36-27(31)18-3-11-23(12-4-18)37-25-15-20(28(33)32-22-9-7-21(30)8-10-22)16-26(17-25)38-24-13-5-19(6-14-24)29(34)35/h3-6,11-17,21-22,31H,2,7-10,30H2,1H3,(H,32,33)(H,34,35). The van der Waals surface area contributed by atoms with Gasteiger partial charge in [0.05, 0.1) is 12.2 Å². The summed E-state index contributed by atoms with van der Waals surface area (Å²) in [7, 11) is 0. The Balaban J connectivity index is 1.56. The first-order valence-corrected chi connectivity index (χ1v) is 12.5. The van der Waals surface area contributed by atoms with Gasteiger partial charge in [-0.2, -0.15) is 0 Å². The normalized spacial score (nSPS) is 16.8. The summed E-state index contributed by atoms with van der Waals surface area (Å²) in [4.78, 5) is 24.3. The van der Waals surface area contributed by atoms with E-state index in [1.54, 1.807) is 54.6 Å². The zero-order chi connectivity index (χ0) is 27.1. The molecule has 5 N–H and O–H groups in total. The van der Waals surface area contributed by atoms with E-state index >= 15 is 0 Å². The molecular formula is C29H31N3O6. The number of benzene rings is 3. The molecule has 0 unspecified atom stereocenters. The number of aromatic carboxylic acids is 1. The van der Waals surface area contributed by atoms with Crippen LogP contribution in [0.4, 0.5) is 0 Å². The van der Waals surface area contributed by atoms with Gasteiger partial charge in [-0.3, -0.25) is 10.2 Å². The van der Waals surface area contributed by atoms with E-state index in [0.717, 1.165) is 25.7 Å². The van der Waals surface area contributed by atoms with Crippen molar-refractivity contribution in [1.29, 1.82) is 5.41 Å². The second-order valence-corrected chi connectivity index (χ2v) is 9.10. The summed E-state index contributed by atoms with van der Waals surface area (Å²) >= 11 is 0. The Morgan fingerprint density at radius 1 is 0.842 bits per heavy atom. The molecule has 0 aliphatic heterocycles. The van der Waals surface area contributed by atoms with Crippen molar-refractivity contribution in [3.05, 3.63) is 83.4 Å². The van der Waals surface area contributed by atoms with Crippen LogP contribution in [0.2, 0.25) is 0 Å². The zero-order valence-electron chi connectivity index (χ0n) is 21.1. The lowest BCUT2D eigenvalue weighted by atomic mass is 9.91. The number of hydrogen-bond acceptors (Lipinski definition) is 7. The Bertz CT molecular complexity index is 1280. The van der Waals surface area contributed by atoms with Crippen LogP contribution in [0.1, 0.15) is 58.9 Å². The number of amides is 1. The third-order valence-corrected chi connectivity index (χ3v) is 6.23. The van der Waals surface area contributed by atoms with Crippen molar-refractivity contribution in [3.8, 4) is 23.0 Å². The van der Waals surface area contributed by atoms with Crippen LogP contribution in [0.15, 0.2) is 66.7 Å². The van der Waals surface area contributed by atoms with Crippen LogP contribution in [0, 0.1) is 5.41 Å². The Labute approximate surface area is 221 Å². The van der Waals surface area contributed by atoms with E-state index in [-0.39, 0.29) is 29.5 Å². The molecular weight excluding hydrogens is 486 g/mol. The van der Waals surface area contributed by atoms with Crippen LogP contribution in [0.25, 0.3) is 0 Å². The molecule has 0 saturated heterocycles. The Hall–Kier alpha value is -4.37. The summed E-state index contributed by atoms with van der Waals surface area (Å²) in [5.41, 5.74) is 7.12. The number of ether oxygens (including phenoxy) is 3. The van der Waals surface area contributed by atoms with Gasteiger partial charge >= 0.3 is 5.97 Å². The molecule has 1 aliphatic rings. The number of hydrogen-bond donors (Lipinski definition) is 4. The Morgan fingerprint density at radius 3 is 1.87 bits per heavy atom. The summed E-state index contributed by atoms with van der Waals surface area (Å²) in [5, 5.41) is 20.1. The number of nitrogens with one attached hydrogen (secondary N) is 2. The predicted octanol–water partition coefficient (Wildman–Crippen LogP) is 5.33. The highest BCUT2D eigenvalue weighted by atomic mass is 16.5. The highest BCUT2D eigenvalue weighted by Crippen LogP contribution is 2.31. The van der Waals surface area contributed by atoms with Crippen molar-refractivity contribution >= 4 is 17.8 Å². The van der Waals surface area contributed by atoms with Gasteiger partial charge in [-0.1, -0.05) is 0 Å². The molecule has 0 heterocycles. The summed E-state index contributed by atoms with van der Waals surface area (Å²) < 4.78 is 17.2. The minimum absolute atomic E-state index is 0.0491. The molecule has 0 spiro atoms. The Morgan fingerprint density at radius 2 is 1.37 bits per heavy atom. The first kappa shape index (κ1) is 26.7. The Kier molecular flexibility index (Phi) is 8.60. The molecule has 9 heteroatoms. The van der Waals surface area contributed by atoms with Gasteiger partial charge in [-0.15, -0.1) is 0 Å². The van der Waals surface area contributed by atoms with Crippen LogP contribution in [-0.2, 0) is 4.74 Å². The van der Waals surface area contributed by atoms with E-state index in [1.807, 2.05) is 6.92 Å². The molecule has 1 amide bonds. The summed E-state index contributed by atoms with van der Waals surface area (Å²) in [6, 6.07) is 18.0. The fraction of sp³-hybridized carbons (Fsp3) is 0.276. The molecule has 0 bridgehead atoms. The molecule has 1 aliphatic carbocycles. The third kappa shape index (κ3) is 7.10. The highest BCUT2D eigenvalue weighted by molar-refractivity contribution is 5.95. The predicted molar refractivity (Wildman–Crippen MR) is 143 cm³/mol. The van der Waals surface area contributed by atoms with Gasteiger partial charge < -0.3 is 30.4 Å². The first-order valence-electron chi connectivity index (χ1n) is 12.5. The second-order valence-electron chi connectivity index (χ2n) is 9.10. The van der Waals surface area contributed by atoms with Crippen LogP contribution in [0.5, 0.6) is 23.0 Å². The van der Waals surface area contributed by atoms with Gasteiger partial charge in [0.2, 0.25) is 5.90 Å². The topological polar surface area (TPSA) is 144 Å². The molecule has 1 fully saturated rings. The fourth-order valence-corrected chi connectivity index (χ4v) is 4.19. The lowest BCUT2D eigenvalue weighted by molar-refractivity contribution is 0.0696. The molecule has 9 nitrogen and oxygen atoms in total. The maximum atomic E-state index is 13.1. The molecule has 38 heavy (non-hydrogen) atoms. The number of nitrogens with two attached hydrogens (primary N) is 1. The van der Waals surface area contributed by atoms with Crippen LogP contribution in [0.3, 0.4) is 0 Å². The van der Waals surface area contributed by atoms with E-state index < -0.39 is 5.97 Å².